The first-order valence-corrected chi connectivity index (χ1v) is 12.0. The average molecular weight is 466 g/mol. The van der Waals surface area contributed by atoms with E-state index < -0.39 is 0 Å². The molecule has 0 unspecified atom stereocenters. The maximum Gasteiger partial charge on any atom is 0.140 e. The van der Waals surface area contributed by atoms with Crippen LogP contribution >= 0.6 is 0 Å². The van der Waals surface area contributed by atoms with Gasteiger partial charge in [-0.15, -0.1) is 0 Å². The van der Waals surface area contributed by atoms with Crippen molar-refractivity contribution in [3.05, 3.63) is 72.3 Å². The van der Waals surface area contributed by atoms with Crippen molar-refractivity contribution in [1.82, 2.24) is 19.9 Å². The lowest BCUT2D eigenvalue weighted by Crippen LogP contribution is -2.26. The zero-order valence-electron chi connectivity index (χ0n) is 19.9. The van der Waals surface area contributed by atoms with Gasteiger partial charge in [0, 0.05) is 17.5 Å². The first-order chi connectivity index (χ1) is 17.2. The molecule has 1 N–H and O–H groups in total. The van der Waals surface area contributed by atoms with E-state index in [9.17, 15) is 0 Å². The summed E-state index contributed by atoms with van der Waals surface area (Å²) < 4.78 is 12.0. The minimum Gasteiger partial charge on any atom is -0.494 e. The number of rotatable bonds is 5. The van der Waals surface area contributed by atoms with Gasteiger partial charge in [0.05, 0.1) is 29.7 Å². The van der Waals surface area contributed by atoms with Crippen LogP contribution in [0.25, 0.3) is 33.1 Å². The number of aryl methyl sites for hydroxylation is 1. The minimum absolute atomic E-state index is 0.587. The number of nitrogens with zero attached hydrogens (tertiary/aromatic N) is 4. The predicted octanol–water partition coefficient (Wildman–Crippen LogP) is 5.67. The van der Waals surface area contributed by atoms with Crippen LogP contribution in [0.4, 0.5) is 5.82 Å². The minimum atomic E-state index is 0.587. The summed E-state index contributed by atoms with van der Waals surface area (Å²) in [5, 5.41) is 0.987. The van der Waals surface area contributed by atoms with Gasteiger partial charge in [-0.3, -0.25) is 0 Å². The fourth-order valence-electron chi connectivity index (χ4n) is 4.66. The van der Waals surface area contributed by atoms with Crippen LogP contribution in [-0.2, 0) is 6.54 Å². The van der Waals surface area contributed by atoms with Crippen LogP contribution in [-0.4, -0.2) is 39.7 Å². The quantitative estimate of drug-likeness (QED) is 0.360. The number of aromatic amines is 1. The highest BCUT2D eigenvalue weighted by molar-refractivity contribution is 5.90. The van der Waals surface area contributed by atoms with Crippen LogP contribution in [0, 0.1) is 6.92 Å². The fourth-order valence-corrected chi connectivity index (χ4v) is 4.66. The van der Waals surface area contributed by atoms with Crippen molar-refractivity contribution in [2.45, 2.75) is 26.8 Å². The average Bonchev–Trinajstić information content (AvgIpc) is 3.12. The lowest BCUT2D eigenvalue weighted by Gasteiger charge is -2.22. The number of fused-ring (bicyclic) bond motifs is 3. The van der Waals surface area contributed by atoms with E-state index in [-0.39, 0.29) is 0 Å². The van der Waals surface area contributed by atoms with Crippen LogP contribution < -0.4 is 14.4 Å². The first-order valence-electron chi connectivity index (χ1n) is 12.0. The third-order valence-corrected chi connectivity index (χ3v) is 6.33. The van der Waals surface area contributed by atoms with Crippen molar-refractivity contribution in [1.29, 1.82) is 0 Å². The second-order valence-corrected chi connectivity index (χ2v) is 8.87. The van der Waals surface area contributed by atoms with Gasteiger partial charge in [0.1, 0.15) is 36.1 Å². The maximum absolute atomic E-state index is 6.13. The molecule has 1 aliphatic heterocycles. The second-order valence-electron chi connectivity index (χ2n) is 8.87. The molecular weight excluding hydrogens is 438 g/mol. The van der Waals surface area contributed by atoms with Crippen LogP contribution in [0.1, 0.15) is 24.7 Å². The number of anilines is 1. The predicted molar refractivity (Wildman–Crippen MR) is 138 cm³/mol. The molecule has 0 atom stereocenters. The summed E-state index contributed by atoms with van der Waals surface area (Å²) in [5.74, 6) is 3.57. The highest BCUT2D eigenvalue weighted by atomic mass is 16.5. The number of H-pyrrole nitrogens is 1. The maximum atomic E-state index is 6.13. The number of hydrogen-bond donors (Lipinski definition) is 1. The van der Waals surface area contributed by atoms with Crippen LogP contribution in [0.15, 0.2) is 60.9 Å². The summed E-state index contributed by atoms with van der Waals surface area (Å²) in [4.78, 5) is 19.3. The van der Waals surface area contributed by atoms with E-state index in [4.69, 9.17) is 9.47 Å². The number of nitrogens with one attached hydrogen (secondary N) is 1. The Morgan fingerprint density at radius 3 is 2.77 bits per heavy atom. The summed E-state index contributed by atoms with van der Waals surface area (Å²) in [5.41, 5.74) is 6.35. The van der Waals surface area contributed by atoms with Crippen molar-refractivity contribution in [2.75, 3.05) is 24.7 Å². The van der Waals surface area contributed by atoms with Gasteiger partial charge in [-0.1, -0.05) is 19.1 Å². The molecule has 7 nitrogen and oxygen atoms in total. The highest BCUT2D eigenvalue weighted by Crippen LogP contribution is 2.34. The largest absolute Gasteiger partial charge is 0.494 e. The van der Waals surface area contributed by atoms with Gasteiger partial charge in [-0.05, 0) is 66.9 Å². The molecular formula is C28H27N5O2. The summed E-state index contributed by atoms with van der Waals surface area (Å²) in [6.45, 7) is 6.78. The van der Waals surface area contributed by atoms with Gasteiger partial charge in [0.2, 0.25) is 0 Å². The molecule has 3 heterocycles. The van der Waals surface area contributed by atoms with Gasteiger partial charge in [0.15, 0.2) is 0 Å². The van der Waals surface area contributed by atoms with Gasteiger partial charge in [-0.2, -0.15) is 0 Å². The Labute approximate surface area is 203 Å². The van der Waals surface area contributed by atoms with E-state index in [0.29, 0.717) is 19.8 Å². The van der Waals surface area contributed by atoms with Crippen molar-refractivity contribution >= 4 is 27.8 Å². The molecule has 6 rings (SSSR count). The molecule has 0 aliphatic carbocycles. The lowest BCUT2D eigenvalue weighted by atomic mass is 10.0. The normalized spacial score (nSPS) is 13.5. The molecule has 7 heteroatoms. The molecule has 176 valence electrons. The van der Waals surface area contributed by atoms with Crippen LogP contribution in [0.2, 0.25) is 0 Å². The van der Waals surface area contributed by atoms with Crippen molar-refractivity contribution in [2.24, 2.45) is 0 Å². The van der Waals surface area contributed by atoms with Gasteiger partial charge in [-0.25, -0.2) is 15.0 Å². The number of aromatic nitrogens is 4. The topological polar surface area (TPSA) is 76.2 Å². The standard InChI is InChI=1S/C28H27N5O2/c1-3-11-34-22-6-8-24-23(15-22)28(30-17-29-24)33-10-12-35-27-9-5-19(13-21(27)16-33)20-4-7-25-26(14-20)32-18(2)31-25/h4-9,13-15,17H,3,10-12,16H2,1-2H3,(H,31,32). The van der Waals surface area contributed by atoms with Crippen LogP contribution in [0.3, 0.4) is 0 Å². The van der Waals surface area contributed by atoms with Crippen molar-refractivity contribution < 1.29 is 9.47 Å². The summed E-state index contributed by atoms with van der Waals surface area (Å²) in [6.07, 6.45) is 2.60. The van der Waals surface area contributed by atoms with E-state index in [1.807, 2.05) is 25.1 Å². The van der Waals surface area contributed by atoms with E-state index in [0.717, 1.165) is 74.7 Å². The molecule has 35 heavy (non-hydrogen) atoms. The van der Waals surface area contributed by atoms with Gasteiger partial charge < -0.3 is 19.4 Å². The number of imidazole rings is 1. The SMILES string of the molecule is CCCOc1ccc2ncnc(N3CCOc4ccc(-c5ccc6nc(C)[nH]c6c5)cc4C3)c2c1. The first kappa shape index (κ1) is 21.4. The Morgan fingerprint density at radius 2 is 1.86 bits per heavy atom. The zero-order valence-corrected chi connectivity index (χ0v) is 19.9. The Balaban J connectivity index is 1.36. The second kappa shape index (κ2) is 8.91. The third kappa shape index (κ3) is 4.14. The third-order valence-electron chi connectivity index (χ3n) is 6.33. The zero-order chi connectivity index (χ0) is 23.8. The number of hydrogen-bond acceptors (Lipinski definition) is 6. The van der Waals surface area contributed by atoms with Gasteiger partial charge in [0.25, 0.3) is 0 Å². The Kier molecular flexibility index (Phi) is 5.45. The molecule has 1 aliphatic rings. The van der Waals surface area contributed by atoms with Gasteiger partial charge >= 0.3 is 0 Å². The summed E-state index contributed by atoms with van der Waals surface area (Å²) in [6, 6.07) is 18.8. The van der Waals surface area contributed by atoms with E-state index in [2.05, 4.69) is 68.2 Å². The molecule has 3 aromatic carbocycles. The monoisotopic (exact) mass is 465 g/mol. The van der Waals surface area contributed by atoms with E-state index in [1.54, 1.807) is 6.33 Å². The molecule has 0 spiro atoms. The Hall–Kier alpha value is -4.13. The molecule has 2 aromatic heterocycles. The summed E-state index contributed by atoms with van der Waals surface area (Å²) >= 11 is 0. The lowest BCUT2D eigenvalue weighted by molar-refractivity contribution is 0.318. The highest BCUT2D eigenvalue weighted by Gasteiger charge is 2.20. The number of benzene rings is 3. The fraction of sp³-hybridized carbons (Fsp3) is 0.250. The Bertz CT molecular complexity index is 1530. The van der Waals surface area contributed by atoms with Crippen LogP contribution in [0.5, 0.6) is 11.5 Å². The molecule has 0 fully saturated rings. The van der Waals surface area contributed by atoms with E-state index in [1.165, 1.54) is 0 Å². The Morgan fingerprint density at radius 1 is 1.00 bits per heavy atom. The molecule has 0 amide bonds. The van der Waals surface area contributed by atoms with E-state index >= 15 is 0 Å². The molecule has 0 saturated heterocycles. The molecule has 5 aromatic rings. The molecule has 0 bridgehead atoms. The molecule has 0 saturated carbocycles. The smallest absolute Gasteiger partial charge is 0.140 e. The van der Waals surface area contributed by atoms with Crippen molar-refractivity contribution in [3.63, 3.8) is 0 Å². The molecule has 0 radical (unpaired) electrons. The summed E-state index contributed by atoms with van der Waals surface area (Å²) in [7, 11) is 0. The van der Waals surface area contributed by atoms with Crippen molar-refractivity contribution in [3.8, 4) is 22.6 Å². The number of ether oxygens (including phenoxy) is 2.